The zero-order valence-corrected chi connectivity index (χ0v) is 30.8. The number of hydrogen-bond donors (Lipinski definition) is 2. The summed E-state index contributed by atoms with van der Waals surface area (Å²) in [6.07, 6.45) is 7.59. The second-order valence-corrected chi connectivity index (χ2v) is 15.1. The second kappa shape index (κ2) is 15.3. The topological polar surface area (TPSA) is 181 Å². The molecule has 0 radical (unpaired) electrons. The monoisotopic (exact) mass is 765 g/mol. The second-order valence-electron chi connectivity index (χ2n) is 14.7. The highest BCUT2D eigenvalue weighted by Crippen LogP contribution is 2.39. The predicted molar refractivity (Wildman–Crippen MR) is 200 cm³/mol. The van der Waals surface area contributed by atoms with Crippen LogP contribution in [0, 0.1) is 11.3 Å². The van der Waals surface area contributed by atoms with Crippen LogP contribution in [0.2, 0.25) is 5.02 Å². The van der Waals surface area contributed by atoms with Gasteiger partial charge in [-0.15, -0.1) is 0 Å². The van der Waals surface area contributed by atoms with Crippen LogP contribution in [0.25, 0.3) is 0 Å². The normalized spacial score (nSPS) is 23.7. The molecule has 3 aromatic rings. The Kier molecular flexibility index (Phi) is 10.1. The highest BCUT2D eigenvalue weighted by Gasteiger charge is 2.46. The molecule has 0 saturated carbocycles. The zero-order valence-electron chi connectivity index (χ0n) is 30.1. The van der Waals surface area contributed by atoms with Crippen molar-refractivity contribution in [1.29, 1.82) is 5.26 Å². The number of nitrogens with zero attached hydrogens (tertiary/aromatic N) is 7. The summed E-state index contributed by atoms with van der Waals surface area (Å²) < 4.78 is 6.22. The number of ether oxygens (including phenoxy) is 1. The van der Waals surface area contributed by atoms with Crippen LogP contribution in [-0.2, 0) is 9.59 Å². The average molecular weight is 766 g/mol. The van der Waals surface area contributed by atoms with Gasteiger partial charge >= 0.3 is 0 Å². The Hall–Kier alpha value is -5.59. The van der Waals surface area contributed by atoms with Gasteiger partial charge in [-0.25, -0.2) is 9.97 Å². The molecule has 0 spiro atoms. The van der Waals surface area contributed by atoms with Crippen molar-refractivity contribution in [2.24, 2.45) is 0 Å². The summed E-state index contributed by atoms with van der Waals surface area (Å²) in [5.74, 6) is -0.890. The molecular weight excluding hydrogens is 726 g/mol. The fourth-order valence-corrected chi connectivity index (χ4v) is 8.65. The van der Waals surface area contributed by atoms with Crippen molar-refractivity contribution in [1.82, 2.24) is 30.0 Å². The Morgan fingerprint density at radius 3 is 2.36 bits per heavy atom. The van der Waals surface area contributed by atoms with Crippen LogP contribution in [-0.4, -0.2) is 118 Å². The SMILES string of the molecule is N#Cc1ccc(OC2C[C@H]3CC[C@@H](C2)N3C(=O)c2cnc(N3CCN(CCCNc4ccc5c(c4)C(=O)N(C4CCC(=O)NC4=O)C5=O)CC3)nc2)cc1Cl. The van der Waals surface area contributed by atoms with Crippen molar-refractivity contribution < 1.29 is 28.7 Å². The first kappa shape index (κ1) is 36.4. The number of carbonyl (C=O) groups excluding carboxylic acids is 5. The van der Waals surface area contributed by atoms with Gasteiger partial charge in [-0.1, -0.05) is 11.6 Å². The van der Waals surface area contributed by atoms with Crippen molar-refractivity contribution in [3.8, 4) is 11.8 Å². The molecule has 5 aliphatic rings. The Balaban J connectivity index is 0.773. The maximum absolute atomic E-state index is 13.6. The molecule has 55 heavy (non-hydrogen) atoms. The minimum atomic E-state index is -0.989. The van der Waals surface area contributed by atoms with Crippen molar-refractivity contribution in [2.45, 2.75) is 69.2 Å². The first-order chi connectivity index (χ1) is 26.7. The number of nitrogens with one attached hydrogen (secondary N) is 2. The van der Waals surface area contributed by atoms with Crippen LogP contribution in [0.15, 0.2) is 48.8 Å². The molecule has 4 saturated heterocycles. The van der Waals surface area contributed by atoms with Gasteiger partial charge in [0.15, 0.2) is 0 Å². The highest BCUT2D eigenvalue weighted by atomic mass is 35.5. The van der Waals surface area contributed by atoms with Crippen LogP contribution in [0.3, 0.4) is 0 Å². The average Bonchev–Trinajstić information content (AvgIpc) is 3.60. The molecule has 2 bridgehead atoms. The van der Waals surface area contributed by atoms with Crippen LogP contribution < -0.4 is 20.3 Å². The lowest BCUT2D eigenvalue weighted by molar-refractivity contribution is -0.136. The first-order valence-corrected chi connectivity index (χ1v) is 19.1. The minimum absolute atomic E-state index is 0.0366. The van der Waals surface area contributed by atoms with Gasteiger partial charge in [-0.05, 0) is 62.6 Å². The first-order valence-electron chi connectivity index (χ1n) is 18.7. The number of nitriles is 1. The molecule has 2 N–H and O–H groups in total. The summed E-state index contributed by atoms with van der Waals surface area (Å²) in [6.45, 7) is 4.72. The molecule has 16 heteroatoms. The smallest absolute Gasteiger partial charge is 0.262 e. The van der Waals surface area contributed by atoms with E-state index in [-0.39, 0.29) is 48.1 Å². The van der Waals surface area contributed by atoms with E-state index in [4.69, 9.17) is 21.6 Å². The van der Waals surface area contributed by atoms with Gasteiger partial charge in [-0.2, -0.15) is 5.26 Å². The van der Waals surface area contributed by atoms with E-state index in [9.17, 15) is 24.0 Å². The molecule has 2 aromatic carbocycles. The molecule has 6 heterocycles. The molecule has 0 aliphatic carbocycles. The summed E-state index contributed by atoms with van der Waals surface area (Å²) in [5, 5.41) is 15.1. The third-order valence-electron chi connectivity index (χ3n) is 11.2. The number of halogens is 1. The van der Waals surface area contributed by atoms with E-state index in [0.717, 1.165) is 69.7 Å². The van der Waals surface area contributed by atoms with Crippen LogP contribution in [0.1, 0.15) is 81.6 Å². The van der Waals surface area contributed by atoms with E-state index in [1.165, 1.54) is 0 Å². The van der Waals surface area contributed by atoms with Gasteiger partial charge < -0.3 is 19.9 Å². The van der Waals surface area contributed by atoms with Crippen molar-refractivity contribution >= 4 is 52.8 Å². The Bertz CT molecular complexity index is 2070. The fraction of sp³-hybridized carbons (Fsp3) is 0.436. The third kappa shape index (κ3) is 7.31. The Morgan fingerprint density at radius 2 is 1.67 bits per heavy atom. The molecule has 4 fully saturated rings. The molecule has 4 atom stereocenters. The number of rotatable bonds is 10. The molecular formula is C39H40ClN9O6. The summed E-state index contributed by atoms with van der Waals surface area (Å²) in [5.41, 5.74) is 2.11. The molecule has 15 nitrogen and oxygen atoms in total. The van der Waals surface area contributed by atoms with Crippen molar-refractivity contribution in [2.75, 3.05) is 49.5 Å². The molecule has 2 unspecified atom stereocenters. The Labute approximate surface area is 322 Å². The quantitative estimate of drug-likeness (QED) is 0.228. The zero-order chi connectivity index (χ0) is 38.2. The maximum atomic E-state index is 13.6. The standard InChI is InChI=1S/C39H40ClN9O6/c40-32-19-28(6-2-23(32)20-41)55-29-17-26-4-5-27(18-29)48(26)36(52)24-21-43-39(44-22-24)47-14-12-46(13-15-47)11-1-10-42-25-3-7-30-31(16-25)38(54)49(37(30)53)33-8-9-34(50)45-35(33)51/h2-3,6-7,16,19,21-22,26-27,29,33,42H,1,4-5,8-15,17-18H2,(H,45,50,51)/t26-,27+,29?,33?. The summed E-state index contributed by atoms with van der Waals surface area (Å²) in [4.78, 5) is 80.2. The molecule has 1 aromatic heterocycles. The van der Waals surface area contributed by atoms with E-state index in [1.807, 2.05) is 4.90 Å². The number of anilines is 2. The molecule has 5 aliphatic heterocycles. The van der Waals surface area contributed by atoms with E-state index >= 15 is 0 Å². The maximum Gasteiger partial charge on any atom is 0.262 e. The summed E-state index contributed by atoms with van der Waals surface area (Å²) in [6, 6.07) is 11.3. The number of piperazine rings is 1. The van der Waals surface area contributed by atoms with Gasteiger partial charge in [0.05, 0.1) is 27.3 Å². The lowest BCUT2D eigenvalue weighted by atomic mass is 9.98. The number of imide groups is 2. The van der Waals surface area contributed by atoms with E-state index < -0.39 is 29.7 Å². The lowest BCUT2D eigenvalue weighted by Crippen LogP contribution is -2.54. The number of fused-ring (bicyclic) bond motifs is 3. The summed E-state index contributed by atoms with van der Waals surface area (Å²) in [7, 11) is 0. The van der Waals surface area contributed by atoms with Crippen LogP contribution in [0.4, 0.5) is 11.6 Å². The third-order valence-corrected chi connectivity index (χ3v) is 11.6. The van der Waals surface area contributed by atoms with Gasteiger partial charge in [-0.3, -0.25) is 39.1 Å². The largest absolute Gasteiger partial charge is 0.490 e. The van der Waals surface area contributed by atoms with Gasteiger partial charge in [0, 0.05) is 88.2 Å². The van der Waals surface area contributed by atoms with E-state index in [1.54, 1.807) is 48.8 Å². The van der Waals surface area contributed by atoms with Crippen LogP contribution in [0.5, 0.6) is 5.75 Å². The van der Waals surface area contributed by atoms with Gasteiger partial charge in [0.1, 0.15) is 24.0 Å². The number of carbonyl (C=O) groups is 5. The minimum Gasteiger partial charge on any atom is -0.490 e. The number of hydrogen-bond acceptors (Lipinski definition) is 12. The number of amides is 5. The Morgan fingerprint density at radius 1 is 0.945 bits per heavy atom. The van der Waals surface area contributed by atoms with E-state index in [2.05, 4.69) is 36.5 Å². The lowest BCUT2D eigenvalue weighted by Gasteiger charge is -2.39. The number of piperidine rings is 2. The summed E-state index contributed by atoms with van der Waals surface area (Å²) >= 11 is 6.20. The van der Waals surface area contributed by atoms with Crippen LogP contribution >= 0.6 is 11.6 Å². The van der Waals surface area contributed by atoms with E-state index in [0.29, 0.717) is 40.1 Å². The number of aromatic nitrogens is 2. The molecule has 5 amide bonds. The van der Waals surface area contributed by atoms with Gasteiger partial charge in [0.25, 0.3) is 17.7 Å². The number of benzene rings is 2. The molecule has 8 rings (SSSR count). The molecule has 284 valence electrons. The fourth-order valence-electron chi connectivity index (χ4n) is 8.44. The van der Waals surface area contributed by atoms with Crippen molar-refractivity contribution in [3.05, 3.63) is 76.1 Å². The highest BCUT2D eigenvalue weighted by molar-refractivity contribution is 6.31. The van der Waals surface area contributed by atoms with Gasteiger partial charge in [0.2, 0.25) is 17.8 Å². The predicted octanol–water partition coefficient (Wildman–Crippen LogP) is 3.24. The van der Waals surface area contributed by atoms with Crippen molar-refractivity contribution in [3.63, 3.8) is 0 Å².